The Morgan fingerprint density at radius 2 is 2.30 bits per heavy atom. The largest absolute Gasteiger partial charge is 0.393 e. The molecule has 1 aliphatic heterocycles. The number of aliphatic hydroxyl groups excluding tert-OH is 1. The maximum Gasteiger partial charge on any atom is 0.321 e. The van der Waals surface area contributed by atoms with Gasteiger partial charge in [-0.05, 0) is 44.4 Å². The van der Waals surface area contributed by atoms with Crippen LogP contribution in [0.1, 0.15) is 25.3 Å². The monoisotopic (exact) mass is 296 g/mol. The van der Waals surface area contributed by atoms with Gasteiger partial charge in [-0.15, -0.1) is 0 Å². The molecule has 1 saturated heterocycles. The quantitative estimate of drug-likeness (QED) is 0.880. The molecule has 1 aromatic rings. The van der Waals surface area contributed by atoms with E-state index in [0.29, 0.717) is 11.6 Å². The average molecular weight is 297 g/mol. The van der Waals surface area contributed by atoms with Crippen molar-refractivity contribution in [3.63, 3.8) is 0 Å². The van der Waals surface area contributed by atoms with Gasteiger partial charge in [-0.3, -0.25) is 0 Å². The zero-order valence-corrected chi connectivity index (χ0v) is 12.7. The zero-order valence-electron chi connectivity index (χ0n) is 11.9. The van der Waals surface area contributed by atoms with Gasteiger partial charge in [0.2, 0.25) is 0 Å². The molecule has 0 spiro atoms. The molecule has 2 atom stereocenters. The van der Waals surface area contributed by atoms with E-state index in [2.05, 4.69) is 5.32 Å². The maximum absolute atomic E-state index is 12.3. The van der Waals surface area contributed by atoms with Crippen molar-refractivity contribution in [2.45, 2.75) is 32.8 Å². The summed E-state index contributed by atoms with van der Waals surface area (Å²) in [7, 11) is 0. The van der Waals surface area contributed by atoms with Gasteiger partial charge < -0.3 is 15.3 Å². The molecule has 0 aromatic heterocycles. The van der Waals surface area contributed by atoms with Gasteiger partial charge in [0.15, 0.2) is 0 Å². The van der Waals surface area contributed by atoms with Crippen LogP contribution in [0.15, 0.2) is 18.2 Å². The molecule has 1 fully saturated rings. The van der Waals surface area contributed by atoms with Crippen molar-refractivity contribution in [1.82, 2.24) is 4.90 Å². The van der Waals surface area contributed by atoms with E-state index in [9.17, 15) is 9.90 Å². The number of rotatable bonds is 2. The fourth-order valence-electron chi connectivity index (χ4n) is 2.53. The second-order valence-corrected chi connectivity index (χ2v) is 5.84. The van der Waals surface area contributed by atoms with Gasteiger partial charge in [0.25, 0.3) is 0 Å². The van der Waals surface area contributed by atoms with Crippen LogP contribution in [0.25, 0.3) is 0 Å². The highest BCUT2D eigenvalue weighted by molar-refractivity contribution is 6.31. The molecule has 5 heteroatoms. The minimum absolute atomic E-state index is 0.124. The number of hydrogen-bond donors (Lipinski definition) is 2. The number of benzene rings is 1. The molecule has 1 heterocycles. The molecule has 4 nitrogen and oxygen atoms in total. The van der Waals surface area contributed by atoms with E-state index in [0.717, 1.165) is 30.6 Å². The molecule has 0 aliphatic carbocycles. The van der Waals surface area contributed by atoms with Crippen molar-refractivity contribution in [2.24, 2.45) is 5.92 Å². The van der Waals surface area contributed by atoms with E-state index in [1.165, 1.54) is 0 Å². The molecule has 0 radical (unpaired) electrons. The smallest absolute Gasteiger partial charge is 0.321 e. The first-order valence-electron chi connectivity index (χ1n) is 6.98. The third-order valence-corrected chi connectivity index (χ3v) is 4.35. The van der Waals surface area contributed by atoms with Crippen molar-refractivity contribution < 1.29 is 9.90 Å². The molecule has 1 aromatic carbocycles. The Kier molecular flexibility index (Phi) is 4.89. The summed E-state index contributed by atoms with van der Waals surface area (Å²) in [5.74, 6) is 0.162. The predicted molar refractivity (Wildman–Crippen MR) is 81.2 cm³/mol. The number of carbonyl (C=O) groups excluding carboxylic acids is 1. The van der Waals surface area contributed by atoms with Crippen molar-refractivity contribution in [2.75, 3.05) is 18.4 Å². The van der Waals surface area contributed by atoms with Crippen LogP contribution in [0, 0.1) is 12.8 Å². The number of amides is 2. The lowest BCUT2D eigenvalue weighted by Crippen LogP contribution is -2.44. The highest BCUT2D eigenvalue weighted by Crippen LogP contribution is 2.24. The molecule has 2 unspecified atom stereocenters. The van der Waals surface area contributed by atoms with Crippen molar-refractivity contribution in [3.05, 3.63) is 28.8 Å². The number of carbonyl (C=O) groups is 1. The van der Waals surface area contributed by atoms with Crippen LogP contribution in [0.3, 0.4) is 0 Å². The molecular formula is C15H21ClN2O2. The third kappa shape index (κ3) is 3.44. The highest BCUT2D eigenvalue weighted by atomic mass is 35.5. The molecule has 20 heavy (non-hydrogen) atoms. The van der Waals surface area contributed by atoms with Crippen LogP contribution in [0.4, 0.5) is 10.5 Å². The van der Waals surface area contributed by atoms with E-state index in [-0.39, 0.29) is 18.1 Å². The van der Waals surface area contributed by atoms with Gasteiger partial charge in [-0.25, -0.2) is 4.79 Å². The molecule has 1 aliphatic rings. The van der Waals surface area contributed by atoms with E-state index in [4.69, 9.17) is 11.6 Å². The number of aliphatic hydroxyl groups is 1. The second-order valence-electron chi connectivity index (χ2n) is 5.43. The number of nitrogens with zero attached hydrogens (tertiary/aromatic N) is 1. The number of halogens is 1. The summed E-state index contributed by atoms with van der Waals surface area (Å²) in [6.45, 7) is 5.00. The predicted octanol–water partition coefficient (Wildman–Crippen LogP) is 3.27. The molecule has 2 N–H and O–H groups in total. The van der Waals surface area contributed by atoms with Gasteiger partial charge in [0.1, 0.15) is 0 Å². The van der Waals surface area contributed by atoms with E-state index in [1.54, 1.807) is 17.9 Å². The van der Waals surface area contributed by atoms with Crippen LogP contribution >= 0.6 is 11.6 Å². The van der Waals surface area contributed by atoms with Gasteiger partial charge >= 0.3 is 6.03 Å². The minimum Gasteiger partial charge on any atom is -0.393 e. The van der Waals surface area contributed by atoms with Crippen LogP contribution in [-0.2, 0) is 0 Å². The first-order valence-corrected chi connectivity index (χ1v) is 7.36. The Labute approximate surface area is 124 Å². The molecule has 2 amide bonds. The minimum atomic E-state index is -0.376. The summed E-state index contributed by atoms with van der Waals surface area (Å²) in [6, 6.07) is 5.34. The fraction of sp³-hybridized carbons (Fsp3) is 0.533. The summed E-state index contributed by atoms with van der Waals surface area (Å²) in [5, 5.41) is 13.2. The summed E-state index contributed by atoms with van der Waals surface area (Å²) < 4.78 is 0. The van der Waals surface area contributed by atoms with Gasteiger partial charge in [0, 0.05) is 29.7 Å². The van der Waals surface area contributed by atoms with Crippen LogP contribution in [0.2, 0.25) is 5.02 Å². The second kappa shape index (κ2) is 6.46. The van der Waals surface area contributed by atoms with Crippen LogP contribution < -0.4 is 5.32 Å². The summed E-state index contributed by atoms with van der Waals surface area (Å²) in [5.41, 5.74) is 1.60. The number of urea groups is 1. The molecule has 0 bridgehead atoms. The molecular weight excluding hydrogens is 276 g/mol. The number of nitrogens with one attached hydrogen (secondary N) is 1. The molecule has 0 saturated carbocycles. The average Bonchev–Trinajstić information content (AvgIpc) is 2.44. The first kappa shape index (κ1) is 15.1. The SMILES string of the molecule is Cc1c(Cl)cccc1NC(=O)N1CCCC(C(C)O)C1. The first-order chi connectivity index (χ1) is 9.49. The van der Waals surface area contributed by atoms with Crippen LogP contribution in [-0.4, -0.2) is 35.2 Å². The van der Waals surface area contributed by atoms with Gasteiger partial charge in [-0.1, -0.05) is 17.7 Å². The van der Waals surface area contributed by atoms with E-state index < -0.39 is 0 Å². The lowest BCUT2D eigenvalue weighted by Gasteiger charge is -2.34. The Morgan fingerprint density at radius 1 is 1.55 bits per heavy atom. The Balaban J connectivity index is 2.03. The standard InChI is InChI=1S/C15H21ClN2O2/c1-10-13(16)6-3-7-14(10)17-15(20)18-8-4-5-12(9-18)11(2)19/h3,6-7,11-12,19H,4-5,8-9H2,1-2H3,(H,17,20). The maximum atomic E-state index is 12.3. The third-order valence-electron chi connectivity index (χ3n) is 3.94. The highest BCUT2D eigenvalue weighted by Gasteiger charge is 2.26. The Hall–Kier alpha value is -1.26. The lowest BCUT2D eigenvalue weighted by molar-refractivity contribution is 0.0766. The van der Waals surface area contributed by atoms with Crippen LogP contribution in [0.5, 0.6) is 0 Å². The van der Waals surface area contributed by atoms with Crippen molar-refractivity contribution >= 4 is 23.3 Å². The van der Waals surface area contributed by atoms with E-state index in [1.807, 2.05) is 19.1 Å². The fourth-order valence-corrected chi connectivity index (χ4v) is 2.70. The topological polar surface area (TPSA) is 52.6 Å². The van der Waals surface area contributed by atoms with Gasteiger partial charge in [0.05, 0.1) is 6.10 Å². The number of piperidine rings is 1. The van der Waals surface area contributed by atoms with Crippen molar-refractivity contribution in [1.29, 1.82) is 0 Å². The molecule has 2 rings (SSSR count). The molecule has 110 valence electrons. The lowest BCUT2D eigenvalue weighted by atomic mass is 9.94. The van der Waals surface area contributed by atoms with Crippen molar-refractivity contribution in [3.8, 4) is 0 Å². The van der Waals surface area contributed by atoms with Gasteiger partial charge in [-0.2, -0.15) is 0 Å². The summed E-state index contributed by atoms with van der Waals surface area (Å²) in [4.78, 5) is 14.1. The summed E-state index contributed by atoms with van der Waals surface area (Å²) in [6.07, 6.45) is 1.52. The Morgan fingerprint density at radius 3 is 3.00 bits per heavy atom. The number of hydrogen-bond acceptors (Lipinski definition) is 2. The zero-order chi connectivity index (χ0) is 14.7. The summed E-state index contributed by atoms with van der Waals surface area (Å²) >= 11 is 6.05. The Bertz CT molecular complexity index is 491. The normalized spacial score (nSPS) is 20.6. The van der Waals surface area contributed by atoms with E-state index >= 15 is 0 Å². The number of anilines is 1. The number of likely N-dealkylation sites (tertiary alicyclic amines) is 1.